The monoisotopic (exact) mass is 154 g/mol. The third-order valence-electron chi connectivity index (χ3n) is 2.53. The maximum atomic E-state index is 4.09. The van der Waals surface area contributed by atoms with Gasteiger partial charge in [0.1, 0.15) is 0 Å². The Bertz CT molecular complexity index is 132. The minimum Gasteiger partial charge on any atom is -0.316 e. The molecule has 2 unspecified atom stereocenters. The molecule has 0 heterocycles. The van der Waals surface area contributed by atoms with Gasteiger partial charge in [0.25, 0.3) is 0 Å². The summed E-state index contributed by atoms with van der Waals surface area (Å²) in [5.74, 6) is 0.679. The van der Waals surface area contributed by atoms with Crippen LogP contribution in [0.4, 0.5) is 0 Å². The molecule has 64 valence electrons. The summed E-state index contributed by atoms with van der Waals surface area (Å²) in [6.07, 6.45) is 7.46. The number of nitrogens with zero attached hydrogens (tertiary/aromatic N) is 1. The molecule has 1 aliphatic carbocycles. The van der Waals surface area contributed by atoms with Crippen LogP contribution in [0.15, 0.2) is 4.99 Å². The number of hydrogen-bond acceptors (Lipinski definition) is 2. The first kappa shape index (κ1) is 8.72. The molecular weight excluding hydrogens is 136 g/mol. The minimum atomic E-state index is 0.674. The zero-order valence-electron chi connectivity index (χ0n) is 7.51. The van der Waals surface area contributed by atoms with Gasteiger partial charge >= 0.3 is 0 Å². The Morgan fingerprint density at radius 1 is 1.36 bits per heavy atom. The SMILES string of the molecule is C/N=C/C1CCCCC1NC. The summed E-state index contributed by atoms with van der Waals surface area (Å²) in [6, 6.07) is 0.674. The molecule has 0 aromatic carbocycles. The van der Waals surface area contributed by atoms with Crippen molar-refractivity contribution in [1.82, 2.24) is 5.32 Å². The molecule has 0 amide bonds. The molecule has 1 aliphatic rings. The van der Waals surface area contributed by atoms with Gasteiger partial charge in [-0.25, -0.2) is 0 Å². The summed E-state index contributed by atoms with van der Waals surface area (Å²) in [5, 5.41) is 3.35. The lowest BCUT2D eigenvalue weighted by molar-refractivity contribution is 0.343. The summed E-state index contributed by atoms with van der Waals surface area (Å²) < 4.78 is 0. The molecule has 1 rings (SSSR count). The standard InChI is InChI=1S/C9H18N2/c1-10-7-8-5-3-4-6-9(8)11-2/h7-9,11H,3-6H2,1-2H3/b10-7+. The third kappa shape index (κ3) is 2.29. The first-order valence-corrected chi connectivity index (χ1v) is 4.48. The van der Waals surface area contributed by atoms with Gasteiger partial charge in [0.05, 0.1) is 0 Å². The molecule has 1 N–H and O–H groups in total. The normalized spacial score (nSPS) is 32.9. The van der Waals surface area contributed by atoms with Crippen molar-refractivity contribution in [2.45, 2.75) is 31.7 Å². The van der Waals surface area contributed by atoms with E-state index in [0.29, 0.717) is 12.0 Å². The molecule has 1 fully saturated rings. The molecule has 1 saturated carbocycles. The van der Waals surface area contributed by atoms with Crippen molar-refractivity contribution >= 4 is 6.21 Å². The van der Waals surface area contributed by atoms with Crippen LogP contribution in [0.3, 0.4) is 0 Å². The second-order valence-electron chi connectivity index (χ2n) is 3.25. The Morgan fingerprint density at radius 2 is 2.09 bits per heavy atom. The van der Waals surface area contributed by atoms with E-state index in [4.69, 9.17) is 0 Å². The van der Waals surface area contributed by atoms with E-state index < -0.39 is 0 Å². The maximum Gasteiger partial charge on any atom is 0.0273 e. The fourth-order valence-corrected chi connectivity index (χ4v) is 1.89. The van der Waals surface area contributed by atoms with E-state index in [9.17, 15) is 0 Å². The summed E-state index contributed by atoms with van der Waals surface area (Å²) in [4.78, 5) is 4.09. The van der Waals surface area contributed by atoms with Crippen molar-refractivity contribution in [2.24, 2.45) is 10.9 Å². The average molecular weight is 154 g/mol. The molecule has 0 radical (unpaired) electrons. The highest BCUT2D eigenvalue weighted by Gasteiger charge is 2.21. The van der Waals surface area contributed by atoms with E-state index in [-0.39, 0.29) is 0 Å². The highest BCUT2D eigenvalue weighted by molar-refractivity contribution is 5.61. The Hall–Kier alpha value is -0.370. The fraction of sp³-hybridized carbons (Fsp3) is 0.889. The third-order valence-corrected chi connectivity index (χ3v) is 2.53. The van der Waals surface area contributed by atoms with Gasteiger partial charge in [-0.1, -0.05) is 12.8 Å². The summed E-state index contributed by atoms with van der Waals surface area (Å²) in [5.41, 5.74) is 0. The predicted molar refractivity (Wildman–Crippen MR) is 49.2 cm³/mol. The number of aliphatic imine (C=N–C) groups is 1. The van der Waals surface area contributed by atoms with E-state index >= 15 is 0 Å². The van der Waals surface area contributed by atoms with Crippen LogP contribution >= 0.6 is 0 Å². The Morgan fingerprint density at radius 3 is 2.73 bits per heavy atom. The summed E-state index contributed by atoms with van der Waals surface area (Å²) in [7, 11) is 3.91. The predicted octanol–water partition coefficient (Wildman–Crippen LogP) is 1.47. The highest BCUT2D eigenvalue weighted by Crippen LogP contribution is 2.22. The van der Waals surface area contributed by atoms with Crippen molar-refractivity contribution < 1.29 is 0 Å². The number of rotatable bonds is 2. The van der Waals surface area contributed by atoms with Crippen molar-refractivity contribution in [3.05, 3.63) is 0 Å². The van der Waals surface area contributed by atoms with Gasteiger partial charge in [-0.2, -0.15) is 0 Å². The van der Waals surface area contributed by atoms with Crippen LogP contribution < -0.4 is 5.32 Å². The van der Waals surface area contributed by atoms with E-state index in [1.807, 2.05) is 14.1 Å². The van der Waals surface area contributed by atoms with Crippen molar-refractivity contribution in [1.29, 1.82) is 0 Å². The summed E-state index contributed by atoms with van der Waals surface area (Å²) in [6.45, 7) is 0. The second kappa shape index (κ2) is 4.50. The molecule has 11 heavy (non-hydrogen) atoms. The molecule has 0 aromatic rings. The van der Waals surface area contributed by atoms with Crippen LogP contribution in [0.2, 0.25) is 0 Å². The average Bonchev–Trinajstić information content (AvgIpc) is 2.06. The molecule has 0 aromatic heterocycles. The van der Waals surface area contributed by atoms with Gasteiger partial charge in [-0.15, -0.1) is 0 Å². The largest absolute Gasteiger partial charge is 0.316 e. The molecule has 0 aliphatic heterocycles. The molecule has 0 saturated heterocycles. The lowest BCUT2D eigenvalue weighted by atomic mass is 9.85. The van der Waals surface area contributed by atoms with Gasteiger partial charge in [-0.05, 0) is 19.9 Å². The van der Waals surface area contributed by atoms with Crippen LogP contribution in [0.25, 0.3) is 0 Å². The Kier molecular flexibility index (Phi) is 3.57. The molecular formula is C9H18N2. The van der Waals surface area contributed by atoms with E-state index in [1.54, 1.807) is 0 Å². The maximum absolute atomic E-state index is 4.09. The smallest absolute Gasteiger partial charge is 0.0273 e. The molecule has 0 bridgehead atoms. The van der Waals surface area contributed by atoms with Crippen LogP contribution in [0.5, 0.6) is 0 Å². The lowest BCUT2D eigenvalue weighted by Crippen LogP contribution is -2.36. The second-order valence-corrected chi connectivity index (χ2v) is 3.25. The summed E-state index contributed by atoms with van der Waals surface area (Å²) >= 11 is 0. The molecule has 2 atom stereocenters. The molecule has 2 heteroatoms. The zero-order chi connectivity index (χ0) is 8.10. The van der Waals surface area contributed by atoms with E-state index in [0.717, 1.165) is 0 Å². The van der Waals surface area contributed by atoms with E-state index in [2.05, 4.69) is 16.5 Å². The molecule has 2 nitrogen and oxygen atoms in total. The van der Waals surface area contributed by atoms with Gasteiger partial charge in [0.2, 0.25) is 0 Å². The van der Waals surface area contributed by atoms with E-state index in [1.165, 1.54) is 25.7 Å². The zero-order valence-corrected chi connectivity index (χ0v) is 7.51. The number of nitrogens with one attached hydrogen (secondary N) is 1. The van der Waals surface area contributed by atoms with Crippen LogP contribution in [0.1, 0.15) is 25.7 Å². The van der Waals surface area contributed by atoms with Gasteiger partial charge in [-0.3, -0.25) is 0 Å². The minimum absolute atomic E-state index is 0.674. The van der Waals surface area contributed by atoms with Crippen LogP contribution in [0, 0.1) is 5.92 Å². The van der Waals surface area contributed by atoms with Gasteiger partial charge in [0.15, 0.2) is 0 Å². The van der Waals surface area contributed by atoms with Crippen LogP contribution in [-0.2, 0) is 0 Å². The quantitative estimate of drug-likeness (QED) is 0.598. The Balaban J connectivity index is 2.44. The lowest BCUT2D eigenvalue weighted by Gasteiger charge is -2.28. The van der Waals surface area contributed by atoms with Crippen molar-refractivity contribution in [2.75, 3.05) is 14.1 Å². The van der Waals surface area contributed by atoms with Crippen molar-refractivity contribution in [3.8, 4) is 0 Å². The first-order chi connectivity index (χ1) is 5.38. The number of hydrogen-bond donors (Lipinski definition) is 1. The van der Waals surface area contributed by atoms with Crippen molar-refractivity contribution in [3.63, 3.8) is 0 Å². The first-order valence-electron chi connectivity index (χ1n) is 4.48. The Labute approximate surface area is 69.1 Å². The van der Waals surface area contributed by atoms with Gasteiger partial charge < -0.3 is 10.3 Å². The van der Waals surface area contributed by atoms with Crippen LogP contribution in [-0.4, -0.2) is 26.4 Å². The molecule has 0 spiro atoms. The van der Waals surface area contributed by atoms with Gasteiger partial charge in [0, 0.05) is 25.2 Å². The fourth-order valence-electron chi connectivity index (χ4n) is 1.89. The topological polar surface area (TPSA) is 24.4 Å². The highest BCUT2D eigenvalue weighted by atomic mass is 14.9.